The number of aryl methyl sites for hydroxylation is 1. The van der Waals surface area contributed by atoms with Gasteiger partial charge in [-0.05, 0) is 25.5 Å². The van der Waals surface area contributed by atoms with Crippen LogP contribution in [0, 0.1) is 6.92 Å². The van der Waals surface area contributed by atoms with Crippen molar-refractivity contribution >= 4 is 11.9 Å². The summed E-state index contributed by atoms with van der Waals surface area (Å²) in [5.41, 5.74) is 1.44. The Morgan fingerprint density at radius 1 is 1.37 bits per heavy atom. The van der Waals surface area contributed by atoms with E-state index in [0.29, 0.717) is 18.7 Å². The van der Waals surface area contributed by atoms with Crippen molar-refractivity contribution in [2.45, 2.75) is 25.9 Å². The molecular formula is C14H18N2O3. The SMILES string of the molecule is Cc1ccccc1C(=O)N1CCNC(C)C1C(=O)O. The van der Waals surface area contributed by atoms with Crippen molar-refractivity contribution in [2.75, 3.05) is 13.1 Å². The Labute approximate surface area is 112 Å². The molecule has 2 N–H and O–H groups in total. The molecule has 0 aliphatic carbocycles. The van der Waals surface area contributed by atoms with Gasteiger partial charge in [0, 0.05) is 24.7 Å². The number of amides is 1. The predicted octanol–water partition coefficient (Wildman–Crippen LogP) is 0.882. The average Bonchev–Trinajstić information content (AvgIpc) is 2.37. The van der Waals surface area contributed by atoms with E-state index in [4.69, 9.17) is 0 Å². The van der Waals surface area contributed by atoms with Crippen LogP contribution in [0.3, 0.4) is 0 Å². The molecule has 2 unspecified atom stereocenters. The maximum absolute atomic E-state index is 12.5. The molecule has 5 heteroatoms. The van der Waals surface area contributed by atoms with Crippen molar-refractivity contribution in [3.63, 3.8) is 0 Å². The highest BCUT2D eigenvalue weighted by Crippen LogP contribution is 2.17. The molecule has 5 nitrogen and oxygen atoms in total. The van der Waals surface area contributed by atoms with Gasteiger partial charge in [0.25, 0.3) is 5.91 Å². The molecule has 2 atom stereocenters. The molecule has 1 saturated heterocycles. The maximum Gasteiger partial charge on any atom is 0.328 e. The number of carboxylic acid groups (broad SMARTS) is 1. The van der Waals surface area contributed by atoms with Gasteiger partial charge in [-0.15, -0.1) is 0 Å². The van der Waals surface area contributed by atoms with Gasteiger partial charge in [-0.2, -0.15) is 0 Å². The van der Waals surface area contributed by atoms with Crippen molar-refractivity contribution in [1.82, 2.24) is 10.2 Å². The number of carbonyl (C=O) groups is 2. The van der Waals surface area contributed by atoms with Crippen molar-refractivity contribution in [1.29, 1.82) is 0 Å². The molecule has 1 aliphatic rings. The first-order valence-electron chi connectivity index (χ1n) is 6.35. The van der Waals surface area contributed by atoms with Gasteiger partial charge in [0.1, 0.15) is 6.04 Å². The molecule has 1 aromatic rings. The fraction of sp³-hybridized carbons (Fsp3) is 0.429. The summed E-state index contributed by atoms with van der Waals surface area (Å²) in [6, 6.07) is 6.18. The van der Waals surface area contributed by atoms with Crippen LogP contribution in [-0.2, 0) is 4.79 Å². The van der Waals surface area contributed by atoms with Gasteiger partial charge in [-0.25, -0.2) is 4.79 Å². The minimum Gasteiger partial charge on any atom is -0.480 e. The van der Waals surface area contributed by atoms with Gasteiger partial charge >= 0.3 is 5.97 Å². The third kappa shape index (κ3) is 2.61. The summed E-state index contributed by atoms with van der Waals surface area (Å²) in [6.45, 7) is 4.67. The molecule has 1 heterocycles. The van der Waals surface area contributed by atoms with Crippen LogP contribution in [0.4, 0.5) is 0 Å². The first-order valence-corrected chi connectivity index (χ1v) is 6.35. The molecule has 1 amide bonds. The summed E-state index contributed by atoms with van der Waals surface area (Å²) in [4.78, 5) is 25.3. The molecular weight excluding hydrogens is 244 g/mol. The van der Waals surface area contributed by atoms with Crippen molar-refractivity contribution in [2.24, 2.45) is 0 Å². The van der Waals surface area contributed by atoms with E-state index in [9.17, 15) is 14.7 Å². The van der Waals surface area contributed by atoms with Crippen LogP contribution in [0.5, 0.6) is 0 Å². The lowest BCUT2D eigenvalue weighted by molar-refractivity contribution is -0.144. The van der Waals surface area contributed by atoms with E-state index in [0.717, 1.165) is 5.56 Å². The zero-order valence-electron chi connectivity index (χ0n) is 11.1. The summed E-state index contributed by atoms with van der Waals surface area (Å²) in [5, 5.41) is 12.4. The van der Waals surface area contributed by atoms with Crippen molar-refractivity contribution in [3.05, 3.63) is 35.4 Å². The van der Waals surface area contributed by atoms with Gasteiger partial charge in [0.2, 0.25) is 0 Å². The molecule has 0 spiro atoms. The predicted molar refractivity (Wildman–Crippen MR) is 71.1 cm³/mol. The van der Waals surface area contributed by atoms with E-state index in [1.807, 2.05) is 19.1 Å². The van der Waals surface area contributed by atoms with Crippen LogP contribution in [0.1, 0.15) is 22.8 Å². The number of nitrogens with one attached hydrogen (secondary N) is 1. The third-order valence-electron chi connectivity index (χ3n) is 3.52. The summed E-state index contributed by atoms with van der Waals surface area (Å²) in [6.07, 6.45) is 0. The Kier molecular flexibility index (Phi) is 3.85. The van der Waals surface area contributed by atoms with Crippen LogP contribution < -0.4 is 5.32 Å². The number of nitrogens with zero attached hydrogens (tertiary/aromatic N) is 1. The lowest BCUT2D eigenvalue weighted by atomic mass is 10.0. The van der Waals surface area contributed by atoms with Crippen molar-refractivity contribution < 1.29 is 14.7 Å². The lowest BCUT2D eigenvalue weighted by Crippen LogP contribution is -2.61. The Bertz CT molecular complexity index is 501. The molecule has 1 fully saturated rings. The van der Waals surface area contributed by atoms with Gasteiger partial charge in [-0.3, -0.25) is 4.79 Å². The summed E-state index contributed by atoms with van der Waals surface area (Å²) >= 11 is 0. The monoisotopic (exact) mass is 262 g/mol. The van der Waals surface area contributed by atoms with Gasteiger partial charge in [-0.1, -0.05) is 18.2 Å². The standard InChI is InChI=1S/C14H18N2O3/c1-9-5-3-4-6-11(9)13(17)16-8-7-15-10(2)12(16)14(18)19/h3-6,10,12,15H,7-8H2,1-2H3,(H,18,19). The zero-order valence-corrected chi connectivity index (χ0v) is 11.1. The minimum absolute atomic E-state index is 0.209. The van der Waals surface area contributed by atoms with Crippen LogP contribution in [0.2, 0.25) is 0 Å². The van der Waals surface area contributed by atoms with E-state index in [1.54, 1.807) is 19.1 Å². The van der Waals surface area contributed by atoms with Crippen LogP contribution >= 0.6 is 0 Å². The summed E-state index contributed by atoms with van der Waals surface area (Å²) < 4.78 is 0. The second-order valence-corrected chi connectivity index (χ2v) is 4.84. The normalized spacial score (nSPS) is 23.2. The number of hydrogen-bond donors (Lipinski definition) is 2. The van der Waals surface area contributed by atoms with Crippen LogP contribution in [0.15, 0.2) is 24.3 Å². The fourth-order valence-electron chi connectivity index (χ4n) is 2.48. The highest BCUT2D eigenvalue weighted by atomic mass is 16.4. The van der Waals surface area contributed by atoms with E-state index < -0.39 is 12.0 Å². The Balaban J connectivity index is 2.31. The van der Waals surface area contributed by atoms with Crippen LogP contribution in [0.25, 0.3) is 0 Å². The molecule has 0 saturated carbocycles. The smallest absolute Gasteiger partial charge is 0.328 e. The number of carboxylic acids is 1. The molecule has 102 valence electrons. The zero-order chi connectivity index (χ0) is 14.0. The van der Waals surface area contributed by atoms with Gasteiger partial charge in [0.15, 0.2) is 0 Å². The topological polar surface area (TPSA) is 69.6 Å². The van der Waals surface area contributed by atoms with E-state index in [2.05, 4.69) is 5.32 Å². The number of benzene rings is 1. The Morgan fingerprint density at radius 3 is 2.68 bits per heavy atom. The molecule has 1 aromatic carbocycles. The van der Waals surface area contributed by atoms with Gasteiger partial charge in [0.05, 0.1) is 0 Å². The molecule has 19 heavy (non-hydrogen) atoms. The van der Waals surface area contributed by atoms with Crippen LogP contribution in [-0.4, -0.2) is 47.1 Å². The highest BCUT2D eigenvalue weighted by molar-refractivity contribution is 5.98. The number of carbonyl (C=O) groups excluding carboxylic acids is 1. The maximum atomic E-state index is 12.5. The van der Waals surface area contributed by atoms with Crippen molar-refractivity contribution in [3.8, 4) is 0 Å². The molecule has 1 aliphatic heterocycles. The molecule has 0 bridgehead atoms. The largest absolute Gasteiger partial charge is 0.480 e. The second kappa shape index (κ2) is 5.40. The molecule has 0 aromatic heterocycles. The lowest BCUT2D eigenvalue weighted by Gasteiger charge is -2.38. The summed E-state index contributed by atoms with van der Waals surface area (Å²) in [7, 11) is 0. The quantitative estimate of drug-likeness (QED) is 0.830. The van der Waals surface area contributed by atoms with E-state index in [1.165, 1.54) is 4.90 Å². The Morgan fingerprint density at radius 2 is 2.05 bits per heavy atom. The molecule has 0 radical (unpaired) electrons. The summed E-state index contributed by atoms with van der Waals surface area (Å²) in [5.74, 6) is -1.18. The van der Waals surface area contributed by atoms with Gasteiger partial charge < -0.3 is 15.3 Å². The number of piperazine rings is 1. The number of aliphatic carboxylic acids is 1. The van der Waals surface area contributed by atoms with E-state index >= 15 is 0 Å². The molecule has 2 rings (SSSR count). The third-order valence-corrected chi connectivity index (χ3v) is 3.52. The number of hydrogen-bond acceptors (Lipinski definition) is 3. The Hall–Kier alpha value is -1.88. The minimum atomic E-state index is -0.971. The second-order valence-electron chi connectivity index (χ2n) is 4.84. The fourth-order valence-corrected chi connectivity index (χ4v) is 2.48. The number of rotatable bonds is 2. The highest BCUT2D eigenvalue weighted by Gasteiger charge is 2.37. The average molecular weight is 262 g/mol. The first-order chi connectivity index (χ1) is 9.02. The van der Waals surface area contributed by atoms with E-state index in [-0.39, 0.29) is 11.9 Å². The first kappa shape index (κ1) is 13.5.